The van der Waals surface area contributed by atoms with Crippen LogP contribution in [0.25, 0.3) is 0 Å². The molecule has 0 radical (unpaired) electrons. The summed E-state index contributed by atoms with van der Waals surface area (Å²) in [5, 5.41) is 17.7. The zero-order chi connectivity index (χ0) is 27.2. The van der Waals surface area contributed by atoms with Gasteiger partial charge in [-0.25, -0.2) is 4.79 Å². The highest BCUT2D eigenvalue weighted by atomic mass is 32.2. The van der Waals surface area contributed by atoms with Crippen LogP contribution in [0.2, 0.25) is 0 Å². The predicted molar refractivity (Wildman–Crippen MR) is 152 cm³/mol. The number of carbonyl (C=O) groups is 1. The van der Waals surface area contributed by atoms with Gasteiger partial charge >= 0.3 is 19.8 Å². The molecule has 0 heterocycles. The third-order valence-corrected chi connectivity index (χ3v) is 8.35. The lowest BCUT2D eigenvalue weighted by molar-refractivity contribution is -0.157. The van der Waals surface area contributed by atoms with Crippen molar-refractivity contribution >= 4 is 26.2 Å². The van der Waals surface area contributed by atoms with Crippen molar-refractivity contribution in [1.82, 2.24) is 0 Å². The van der Waals surface area contributed by atoms with Crippen LogP contribution in [0.3, 0.4) is 0 Å². The van der Waals surface area contributed by atoms with E-state index in [0.717, 1.165) is 38.5 Å². The molecule has 7 nitrogen and oxygen atoms in total. The quantitative estimate of drug-likeness (QED) is 0.0747. The van der Waals surface area contributed by atoms with Crippen LogP contribution in [-0.2, 0) is 18.8 Å². The van der Waals surface area contributed by atoms with Crippen molar-refractivity contribution in [2.24, 2.45) is 0 Å². The maximum absolute atomic E-state index is 11.7. The number of hydrogen-bond acceptors (Lipinski definition) is 7. The first-order valence-corrected chi connectivity index (χ1v) is 15.8. The first-order chi connectivity index (χ1) is 18.0. The van der Waals surface area contributed by atoms with Crippen LogP contribution >= 0.6 is 20.2 Å². The topological polar surface area (TPSA) is 102 Å². The molecule has 4 atom stereocenters. The highest BCUT2D eigenvalue weighted by molar-refractivity contribution is 8.00. The number of rotatable bonds is 25. The molecule has 1 aromatic rings. The van der Waals surface area contributed by atoms with Crippen molar-refractivity contribution in [2.45, 2.75) is 108 Å². The molecule has 4 unspecified atom stereocenters. The average Bonchev–Trinajstić information content (AvgIpc) is 2.91. The zero-order valence-electron chi connectivity index (χ0n) is 22.7. The van der Waals surface area contributed by atoms with E-state index in [1.165, 1.54) is 50.3 Å². The molecule has 0 amide bonds. The van der Waals surface area contributed by atoms with E-state index < -0.39 is 31.3 Å². The van der Waals surface area contributed by atoms with Crippen molar-refractivity contribution in [3.63, 3.8) is 0 Å². The summed E-state index contributed by atoms with van der Waals surface area (Å²) < 4.78 is 29.5. The van der Waals surface area contributed by atoms with E-state index in [0.29, 0.717) is 18.1 Å². The number of aliphatic carboxylic acids is 1. The van der Waals surface area contributed by atoms with Gasteiger partial charge in [-0.05, 0) is 30.7 Å². The van der Waals surface area contributed by atoms with Crippen LogP contribution in [0.4, 0.5) is 0 Å². The number of carboxylic acids is 1. The molecule has 0 saturated heterocycles. The van der Waals surface area contributed by atoms with Gasteiger partial charge in [-0.15, -0.1) is 11.8 Å². The molecule has 1 aromatic carbocycles. The molecule has 0 aliphatic rings. The van der Waals surface area contributed by atoms with Crippen LogP contribution in [0.5, 0.6) is 5.75 Å². The van der Waals surface area contributed by atoms with E-state index in [2.05, 4.69) is 13.8 Å². The second-order valence-electron chi connectivity index (χ2n) is 9.36. The molecule has 0 aliphatic carbocycles. The van der Waals surface area contributed by atoms with Gasteiger partial charge in [-0.2, -0.15) is 0 Å². The Morgan fingerprint density at radius 1 is 0.892 bits per heavy atom. The molecule has 212 valence electrons. The van der Waals surface area contributed by atoms with Crippen LogP contribution in [0, 0.1) is 0 Å². The molecule has 0 spiro atoms. The lowest BCUT2D eigenvalue weighted by atomic mass is 10.1. The third kappa shape index (κ3) is 15.1. The van der Waals surface area contributed by atoms with Crippen molar-refractivity contribution in [3.8, 4) is 5.75 Å². The highest BCUT2D eigenvalue weighted by Crippen LogP contribution is 2.34. The molecular formula is C28H48O7PS+. The maximum atomic E-state index is 11.7. The normalized spacial score (nSPS) is 14.8. The summed E-state index contributed by atoms with van der Waals surface area (Å²) >= 11 is 1.19. The fourth-order valence-electron chi connectivity index (χ4n) is 3.73. The first kappa shape index (κ1) is 33.8. The molecule has 37 heavy (non-hydrogen) atoms. The number of para-hydroxylation sites is 1. The van der Waals surface area contributed by atoms with Gasteiger partial charge in [0.05, 0.1) is 6.61 Å². The monoisotopic (exact) mass is 559 g/mol. The highest BCUT2D eigenvalue weighted by Gasteiger charge is 2.55. The number of benzene rings is 1. The minimum absolute atomic E-state index is 0.0244. The van der Waals surface area contributed by atoms with Crippen molar-refractivity contribution < 1.29 is 33.8 Å². The Labute approximate surface area is 229 Å². The molecule has 0 bridgehead atoms. The minimum atomic E-state index is -2.47. The Hall–Kier alpha value is -1.18. The molecular weight excluding hydrogens is 511 g/mol. The standard InChI is InChI=1S/C28H47O7PS/c1-3-5-7-9-10-11-12-16-20-33-25(22-34-24-18-14-13-15-19-24)23-35-27(28(31,36-32)26(29)30)37-21-17-8-6-4-2/h13-15,18-19,25,27,31H,3-12,16-17,20-23H2,1-2H3,(H,29,30)/p+1. The van der Waals surface area contributed by atoms with Crippen LogP contribution in [0.1, 0.15) is 90.9 Å². The molecule has 9 heteroatoms. The number of thioether (sulfide) groups is 1. The summed E-state index contributed by atoms with van der Waals surface area (Å²) in [5.74, 6) is -0.244. The van der Waals surface area contributed by atoms with Gasteiger partial charge in [0.15, 0.2) is 5.44 Å². The molecule has 0 aliphatic heterocycles. The third-order valence-electron chi connectivity index (χ3n) is 6.05. The van der Waals surface area contributed by atoms with Gasteiger partial charge in [0.2, 0.25) is 0 Å². The second-order valence-corrected chi connectivity index (χ2v) is 11.5. The van der Waals surface area contributed by atoms with Crippen molar-refractivity contribution in [2.75, 3.05) is 25.6 Å². The summed E-state index contributed by atoms with van der Waals surface area (Å²) in [6.45, 7) is 5.13. The lowest BCUT2D eigenvalue weighted by Gasteiger charge is -2.25. The smallest absolute Gasteiger partial charge is 0.392 e. The number of unbranched alkanes of at least 4 members (excludes halogenated alkanes) is 10. The molecule has 0 saturated carbocycles. The van der Waals surface area contributed by atoms with Gasteiger partial charge in [0, 0.05) is 6.61 Å². The van der Waals surface area contributed by atoms with E-state index >= 15 is 0 Å². The predicted octanol–water partition coefficient (Wildman–Crippen LogP) is 7.04. The molecule has 0 fully saturated rings. The number of ether oxygens (including phenoxy) is 3. The van der Waals surface area contributed by atoms with Crippen LogP contribution in [-0.4, -0.2) is 58.6 Å². The Balaban J connectivity index is 2.66. The van der Waals surface area contributed by atoms with Crippen LogP contribution < -0.4 is 4.74 Å². The SMILES string of the molecule is CCCCCCCCCCOC(COc1ccccc1)COC(SCCCCCC)C(O)([PH+]=O)C(=O)O. The van der Waals surface area contributed by atoms with E-state index in [1.807, 2.05) is 30.3 Å². The second kappa shape index (κ2) is 21.7. The largest absolute Gasteiger partial charge is 0.491 e. The lowest BCUT2D eigenvalue weighted by Crippen LogP contribution is -2.46. The first-order valence-electron chi connectivity index (χ1n) is 13.9. The zero-order valence-corrected chi connectivity index (χ0v) is 24.5. The maximum Gasteiger partial charge on any atom is 0.392 e. The fraction of sp³-hybridized carbons (Fsp3) is 0.750. The average molecular weight is 560 g/mol. The van der Waals surface area contributed by atoms with Gasteiger partial charge in [0.25, 0.3) is 0 Å². The summed E-state index contributed by atoms with van der Waals surface area (Å²) in [4.78, 5) is 11.7. The van der Waals surface area contributed by atoms with Gasteiger partial charge in [-0.1, -0.05) is 101 Å². The summed E-state index contributed by atoms with van der Waals surface area (Å²) in [6, 6.07) is 9.39. The van der Waals surface area contributed by atoms with E-state index in [9.17, 15) is 19.6 Å². The van der Waals surface area contributed by atoms with E-state index in [4.69, 9.17) is 14.2 Å². The Morgan fingerprint density at radius 2 is 1.49 bits per heavy atom. The summed E-state index contributed by atoms with van der Waals surface area (Å²) in [5.41, 5.74) is -1.17. The molecule has 1 rings (SSSR count). The Kier molecular flexibility index (Phi) is 19.9. The number of aliphatic hydroxyl groups is 1. The van der Waals surface area contributed by atoms with Gasteiger partial charge in [-0.3, -0.25) is 0 Å². The Morgan fingerprint density at radius 3 is 2.08 bits per heavy atom. The van der Waals surface area contributed by atoms with Gasteiger partial charge in [0.1, 0.15) is 18.5 Å². The van der Waals surface area contributed by atoms with Crippen molar-refractivity contribution in [1.29, 1.82) is 0 Å². The summed E-state index contributed by atoms with van der Waals surface area (Å²) in [7, 11) is -1.46. The number of hydrogen-bond donors (Lipinski definition) is 2. The summed E-state index contributed by atoms with van der Waals surface area (Å²) in [6.07, 6.45) is 13.2. The van der Waals surface area contributed by atoms with E-state index in [-0.39, 0.29) is 13.2 Å². The van der Waals surface area contributed by atoms with Crippen LogP contribution in [0.15, 0.2) is 30.3 Å². The molecule has 2 N–H and O–H groups in total. The Bertz CT molecular complexity index is 709. The van der Waals surface area contributed by atoms with E-state index in [1.54, 1.807) is 0 Å². The fourth-order valence-corrected chi connectivity index (χ4v) is 5.49. The molecule has 0 aromatic heterocycles. The number of carboxylic acid groups (broad SMARTS) is 1. The minimum Gasteiger partial charge on any atom is -0.491 e. The van der Waals surface area contributed by atoms with Crippen molar-refractivity contribution in [3.05, 3.63) is 30.3 Å². The van der Waals surface area contributed by atoms with Gasteiger partial charge < -0.3 is 24.4 Å².